The molecule has 2 aromatic rings. The number of allylic oxidation sites excluding steroid dienone is 1. The van der Waals surface area contributed by atoms with Gasteiger partial charge in [-0.2, -0.15) is 0 Å². The Morgan fingerprint density at radius 2 is 1.76 bits per heavy atom. The number of fused-ring (bicyclic) bond motifs is 3. The molecule has 0 bridgehead atoms. The van der Waals surface area contributed by atoms with Crippen molar-refractivity contribution >= 4 is 45.4 Å². The number of benzene rings is 2. The Morgan fingerprint density at radius 1 is 1.00 bits per heavy atom. The molecule has 2 aromatic carbocycles. The summed E-state index contributed by atoms with van der Waals surface area (Å²) < 4.78 is 39.4. The minimum atomic E-state index is -3.88. The first kappa shape index (κ1) is 36.7. The number of rotatable bonds is 6. The van der Waals surface area contributed by atoms with Crippen molar-refractivity contribution in [3.05, 3.63) is 70.8 Å². The first-order chi connectivity index (χ1) is 24.1. The Bertz CT molecular complexity index is 1840. The minimum absolute atomic E-state index is 0.0504. The van der Waals surface area contributed by atoms with Gasteiger partial charge in [-0.25, -0.2) is 13.2 Å². The second-order valence-corrected chi connectivity index (χ2v) is 17.3. The van der Waals surface area contributed by atoms with Crippen LogP contribution in [0.3, 0.4) is 0 Å². The molecule has 2 saturated carbocycles. The van der Waals surface area contributed by atoms with Crippen LogP contribution < -0.4 is 20.1 Å². The molecule has 6 rings (SSSR count). The second kappa shape index (κ2) is 14.5. The number of nitrogens with one attached hydrogen (secondary N) is 3. The molecule has 0 radical (unpaired) electrons. The van der Waals surface area contributed by atoms with Gasteiger partial charge >= 0.3 is 6.09 Å². The number of hydrogen-bond acceptors (Lipinski definition) is 8. The normalized spacial score (nSPS) is 26.1. The molecule has 2 heterocycles. The molecule has 0 aromatic heterocycles. The summed E-state index contributed by atoms with van der Waals surface area (Å²) in [6, 6.07) is 10.3. The molecule has 4 aliphatic rings. The van der Waals surface area contributed by atoms with Gasteiger partial charge in [0.2, 0.25) is 21.8 Å². The summed E-state index contributed by atoms with van der Waals surface area (Å²) in [7, 11) is -3.88. The highest BCUT2D eigenvalue weighted by atomic mass is 35.5. The Morgan fingerprint density at radius 3 is 2.49 bits per heavy atom. The molecule has 2 fully saturated rings. The van der Waals surface area contributed by atoms with E-state index in [-0.39, 0.29) is 19.4 Å². The number of halogens is 1. The maximum Gasteiger partial charge on any atom is 0.408 e. The number of carbonyl (C=O) groups excluding carboxylic acids is 4. The van der Waals surface area contributed by atoms with E-state index >= 15 is 0 Å². The summed E-state index contributed by atoms with van der Waals surface area (Å²) in [6.07, 6.45) is 7.59. The molecule has 3 N–H and O–H groups in total. The second-order valence-electron chi connectivity index (χ2n) is 14.9. The fourth-order valence-electron chi connectivity index (χ4n) is 6.68. The number of alkyl carbamates (subject to hydrolysis) is 1. The molecule has 2 aliphatic carbocycles. The molecule has 4 amide bonds. The fraction of sp³-hybridized carbons (Fsp3) is 0.514. The first-order valence-corrected chi connectivity index (χ1v) is 19.5. The number of amides is 4. The lowest BCUT2D eigenvalue weighted by molar-refractivity contribution is -0.144. The molecule has 4 atom stereocenters. The van der Waals surface area contributed by atoms with Crippen LogP contribution in [0, 0.1) is 5.92 Å². The van der Waals surface area contributed by atoms with Gasteiger partial charge in [0.1, 0.15) is 34.7 Å². The van der Waals surface area contributed by atoms with E-state index in [0.717, 1.165) is 24.0 Å². The monoisotopic (exact) mass is 740 g/mol. The van der Waals surface area contributed by atoms with Crippen molar-refractivity contribution in [2.24, 2.45) is 5.92 Å². The molecule has 1 unspecified atom stereocenters. The average molecular weight is 741 g/mol. The van der Waals surface area contributed by atoms with Crippen molar-refractivity contribution in [1.29, 1.82) is 0 Å². The third kappa shape index (κ3) is 8.86. The van der Waals surface area contributed by atoms with Crippen molar-refractivity contribution in [1.82, 2.24) is 20.3 Å². The molecule has 2 aliphatic heterocycles. The van der Waals surface area contributed by atoms with Gasteiger partial charge in [0, 0.05) is 23.9 Å². The third-order valence-electron chi connectivity index (χ3n) is 9.61. The number of hydrogen-bond donors (Lipinski definition) is 3. The van der Waals surface area contributed by atoms with Gasteiger partial charge in [0.05, 0.1) is 5.25 Å². The maximum atomic E-state index is 14.5. The molecule has 274 valence electrons. The Hall–Kier alpha value is -4.10. The van der Waals surface area contributed by atoms with Crippen molar-refractivity contribution in [2.75, 3.05) is 0 Å². The highest BCUT2D eigenvalue weighted by Gasteiger charge is 2.62. The number of carbonyl (C=O) groups is 4. The summed E-state index contributed by atoms with van der Waals surface area (Å²) >= 11 is 6.15. The van der Waals surface area contributed by atoms with Crippen LogP contribution in [-0.2, 0) is 42.1 Å². The van der Waals surface area contributed by atoms with Crippen LogP contribution in [0.4, 0.5) is 4.79 Å². The van der Waals surface area contributed by atoms with Gasteiger partial charge in [-0.05, 0) is 101 Å². The number of ether oxygens (including phenoxy) is 2. The van der Waals surface area contributed by atoms with E-state index < -0.39 is 68.2 Å². The van der Waals surface area contributed by atoms with E-state index in [9.17, 15) is 27.6 Å². The standard InChI is InChI=1S/C37H45ClN4O8S/c1-36(2,3)50-35(46)39-30-13-8-6-4-5-7-10-25-21-37(25,34(45)41-51(47,48)29-16-17-29)40-32(43)31-19-24-18-28(49-27-12-9-11-26(38)20-27)15-14-23(24)22-42(31)33(30)44/h7,9-12,14-15,18,20,25,29-31H,4-6,8,13,16-17,19,21-22H2,1-3H3,(H,39,46)(H,40,43)(H,41,45)/b10-7-/t25-,30-,31?,37+/m0/s1. The first-order valence-electron chi connectivity index (χ1n) is 17.5. The van der Waals surface area contributed by atoms with Gasteiger partial charge in [-0.1, -0.05) is 48.7 Å². The molecule has 12 nitrogen and oxygen atoms in total. The van der Waals surface area contributed by atoms with E-state index in [1.807, 2.05) is 24.3 Å². The lowest BCUT2D eigenvalue weighted by Crippen LogP contribution is -2.61. The Labute approximate surface area is 303 Å². The average Bonchev–Trinajstić information content (AvgIpc) is 3.98. The smallest absolute Gasteiger partial charge is 0.408 e. The van der Waals surface area contributed by atoms with Crippen LogP contribution in [-0.4, -0.2) is 65.6 Å². The largest absolute Gasteiger partial charge is 0.457 e. The van der Waals surface area contributed by atoms with Gasteiger partial charge in [0.25, 0.3) is 5.91 Å². The maximum absolute atomic E-state index is 14.5. The fourth-order valence-corrected chi connectivity index (χ4v) is 8.22. The van der Waals surface area contributed by atoms with Crippen LogP contribution in [0.15, 0.2) is 54.6 Å². The Balaban J connectivity index is 1.33. The topological polar surface area (TPSA) is 160 Å². The zero-order valence-electron chi connectivity index (χ0n) is 29.1. The van der Waals surface area contributed by atoms with Gasteiger partial charge < -0.3 is 25.0 Å². The SMILES string of the molecule is CC(C)(C)OC(=O)N[C@H]1CCCCC/C=C\[C@H]2C[C@@]2(C(=O)NS(=O)(=O)C2CC2)NC(=O)C2Cc3cc(Oc4cccc(Cl)c4)ccc3CN2C1=O. The van der Waals surface area contributed by atoms with E-state index in [1.54, 1.807) is 51.1 Å². The third-order valence-corrected chi connectivity index (χ3v) is 11.7. The molecule has 0 spiro atoms. The zero-order chi connectivity index (χ0) is 36.6. The van der Waals surface area contributed by atoms with E-state index in [4.69, 9.17) is 21.1 Å². The van der Waals surface area contributed by atoms with Crippen molar-refractivity contribution in [2.45, 2.75) is 114 Å². The van der Waals surface area contributed by atoms with E-state index in [2.05, 4.69) is 15.4 Å². The zero-order valence-corrected chi connectivity index (χ0v) is 30.6. The summed E-state index contributed by atoms with van der Waals surface area (Å²) in [6.45, 7) is 5.25. The molecule has 14 heteroatoms. The van der Waals surface area contributed by atoms with Gasteiger partial charge in [0.15, 0.2) is 0 Å². The van der Waals surface area contributed by atoms with Gasteiger partial charge in [-0.3, -0.25) is 19.1 Å². The predicted molar refractivity (Wildman–Crippen MR) is 190 cm³/mol. The predicted octanol–water partition coefficient (Wildman–Crippen LogP) is 5.28. The van der Waals surface area contributed by atoms with Gasteiger partial charge in [-0.15, -0.1) is 0 Å². The van der Waals surface area contributed by atoms with Crippen LogP contribution in [0.5, 0.6) is 11.5 Å². The van der Waals surface area contributed by atoms with Crippen LogP contribution >= 0.6 is 11.6 Å². The van der Waals surface area contributed by atoms with Crippen LogP contribution in [0.25, 0.3) is 0 Å². The number of nitrogens with zero attached hydrogens (tertiary/aromatic N) is 1. The highest BCUT2D eigenvalue weighted by molar-refractivity contribution is 7.91. The van der Waals surface area contributed by atoms with E-state index in [0.29, 0.717) is 48.6 Å². The summed E-state index contributed by atoms with van der Waals surface area (Å²) in [5, 5.41) is 5.54. The lowest BCUT2D eigenvalue weighted by atomic mass is 9.91. The van der Waals surface area contributed by atoms with Crippen LogP contribution in [0.1, 0.15) is 83.3 Å². The quantitative estimate of drug-likeness (QED) is 0.337. The van der Waals surface area contributed by atoms with Crippen molar-refractivity contribution in [3.63, 3.8) is 0 Å². The summed E-state index contributed by atoms with van der Waals surface area (Å²) in [5.74, 6) is -1.22. The van der Waals surface area contributed by atoms with Crippen molar-refractivity contribution < 1.29 is 37.1 Å². The molecule has 0 saturated heterocycles. The molecule has 51 heavy (non-hydrogen) atoms. The molecular formula is C37H45ClN4O8S. The summed E-state index contributed by atoms with van der Waals surface area (Å²) in [5.41, 5.74) is -0.735. The van der Waals surface area contributed by atoms with E-state index in [1.165, 1.54) is 4.90 Å². The summed E-state index contributed by atoms with van der Waals surface area (Å²) in [4.78, 5) is 57.0. The van der Waals surface area contributed by atoms with Crippen LogP contribution in [0.2, 0.25) is 5.02 Å². The molecular weight excluding hydrogens is 696 g/mol. The Kier molecular flexibility index (Phi) is 10.4. The lowest BCUT2D eigenvalue weighted by Gasteiger charge is -2.39. The highest BCUT2D eigenvalue weighted by Crippen LogP contribution is 2.46. The minimum Gasteiger partial charge on any atom is -0.457 e. The number of sulfonamides is 1. The van der Waals surface area contributed by atoms with Crippen molar-refractivity contribution in [3.8, 4) is 11.5 Å².